The summed E-state index contributed by atoms with van der Waals surface area (Å²) in [5.74, 6) is -0.880. The molecule has 0 saturated carbocycles. The van der Waals surface area contributed by atoms with Crippen LogP contribution in [0, 0.1) is 6.92 Å². The van der Waals surface area contributed by atoms with Crippen molar-refractivity contribution in [3.05, 3.63) is 94.0 Å². The summed E-state index contributed by atoms with van der Waals surface area (Å²) in [6.07, 6.45) is 0.723. The first-order valence-corrected chi connectivity index (χ1v) is 14.8. The number of carbonyl (C=O) groups excluding carboxylic acids is 2. The number of hydrogen-bond donors (Lipinski definition) is 1. The van der Waals surface area contributed by atoms with Crippen LogP contribution in [0.1, 0.15) is 38.3 Å². The summed E-state index contributed by atoms with van der Waals surface area (Å²) < 4.78 is 28.7. The second kappa shape index (κ2) is 13.3. The lowest BCUT2D eigenvalue weighted by Crippen LogP contribution is -2.52. The molecule has 2 amide bonds. The van der Waals surface area contributed by atoms with Gasteiger partial charge in [-0.25, -0.2) is 8.42 Å². The van der Waals surface area contributed by atoms with Crippen LogP contribution in [0.15, 0.2) is 77.7 Å². The summed E-state index contributed by atoms with van der Waals surface area (Å²) in [6, 6.07) is 18.7. The van der Waals surface area contributed by atoms with Crippen LogP contribution in [0.25, 0.3) is 0 Å². The summed E-state index contributed by atoms with van der Waals surface area (Å²) in [7, 11) is -4.15. The van der Waals surface area contributed by atoms with E-state index in [4.69, 9.17) is 23.2 Å². The molecule has 0 unspecified atom stereocenters. The van der Waals surface area contributed by atoms with Crippen molar-refractivity contribution >= 4 is 50.7 Å². The first-order valence-electron chi connectivity index (χ1n) is 12.6. The highest BCUT2D eigenvalue weighted by atomic mass is 35.5. The van der Waals surface area contributed by atoms with Gasteiger partial charge in [-0.15, -0.1) is 0 Å². The second-order valence-electron chi connectivity index (χ2n) is 9.45. The van der Waals surface area contributed by atoms with Gasteiger partial charge in [0.05, 0.1) is 10.6 Å². The molecule has 0 aliphatic rings. The van der Waals surface area contributed by atoms with E-state index < -0.39 is 28.5 Å². The lowest BCUT2D eigenvalue weighted by Gasteiger charge is -2.32. The van der Waals surface area contributed by atoms with E-state index in [2.05, 4.69) is 5.32 Å². The lowest BCUT2D eigenvalue weighted by molar-refractivity contribution is -0.139. The van der Waals surface area contributed by atoms with Crippen molar-refractivity contribution in [2.24, 2.45) is 0 Å². The molecule has 3 rings (SSSR count). The zero-order valence-electron chi connectivity index (χ0n) is 22.4. The van der Waals surface area contributed by atoms with Gasteiger partial charge in [0.2, 0.25) is 11.8 Å². The van der Waals surface area contributed by atoms with E-state index in [0.717, 1.165) is 21.9 Å². The van der Waals surface area contributed by atoms with Crippen LogP contribution in [0.5, 0.6) is 0 Å². The highest BCUT2D eigenvalue weighted by Gasteiger charge is 2.32. The first kappa shape index (κ1) is 30.5. The normalized spacial score (nSPS) is 12.9. The number of nitrogens with zero attached hydrogens (tertiary/aromatic N) is 2. The maximum Gasteiger partial charge on any atom is 0.264 e. The molecule has 0 fully saturated rings. The molecule has 0 aliphatic heterocycles. The Bertz CT molecular complexity index is 1400. The number of benzene rings is 3. The van der Waals surface area contributed by atoms with Crippen molar-refractivity contribution in [3.8, 4) is 0 Å². The Hall–Kier alpha value is -3.07. The molecule has 10 heteroatoms. The molecule has 0 radical (unpaired) electrons. The maximum absolute atomic E-state index is 13.9. The minimum Gasteiger partial charge on any atom is -0.352 e. The van der Waals surface area contributed by atoms with Crippen molar-refractivity contribution in [1.29, 1.82) is 0 Å². The van der Waals surface area contributed by atoms with Crippen molar-refractivity contribution in [1.82, 2.24) is 10.2 Å². The fourth-order valence-electron chi connectivity index (χ4n) is 3.83. The Labute approximate surface area is 240 Å². The molecule has 7 nitrogen and oxygen atoms in total. The van der Waals surface area contributed by atoms with E-state index in [1.165, 1.54) is 23.1 Å². The average molecular weight is 591 g/mol. The van der Waals surface area contributed by atoms with Gasteiger partial charge in [-0.05, 0) is 75.2 Å². The molecule has 1 N–H and O–H groups in total. The number of halogens is 2. The largest absolute Gasteiger partial charge is 0.352 e. The number of amides is 2. The number of nitrogens with one attached hydrogen (secondary N) is 1. The fourth-order valence-corrected chi connectivity index (χ4v) is 5.55. The minimum atomic E-state index is -4.15. The van der Waals surface area contributed by atoms with Gasteiger partial charge in [-0.1, -0.05) is 66.0 Å². The van der Waals surface area contributed by atoms with Crippen LogP contribution in [0.4, 0.5) is 5.69 Å². The SMILES string of the molecule is CC[C@H](C)NC(=O)[C@@H](C)N(Cc1ccc(Cl)cc1)C(=O)CN(c1cccc(Cl)c1)S(=O)(=O)c1ccc(C)cc1. The van der Waals surface area contributed by atoms with E-state index in [-0.39, 0.29) is 29.1 Å². The lowest BCUT2D eigenvalue weighted by atomic mass is 10.1. The second-order valence-corrected chi connectivity index (χ2v) is 12.2. The van der Waals surface area contributed by atoms with Gasteiger partial charge in [0.15, 0.2) is 0 Å². The molecular weight excluding hydrogens is 557 g/mol. The number of aryl methyl sites for hydroxylation is 1. The average Bonchev–Trinajstić information content (AvgIpc) is 2.90. The number of sulfonamides is 1. The van der Waals surface area contributed by atoms with Crippen LogP contribution >= 0.6 is 23.2 Å². The first-order chi connectivity index (χ1) is 18.4. The third-order valence-electron chi connectivity index (χ3n) is 6.42. The van der Waals surface area contributed by atoms with E-state index >= 15 is 0 Å². The molecule has 0 bridgehead atoms. The highest BCUT2D eigenvalue weighted by Crippen LogP contribution is 2.27. The summed E-state index contributed by atoms with van der Waals surface area (Å²) in [6.45, 7) is 6.86. The van der Waals surface area contributed by atoms with E-state index in [1.807, 2.05) is 20.8 Å². The molecule has 0 aliphatic carbocycles. The monoisotopic (exact) mass is 589 g/mol. The van der Waals surface area contributed by atoms with Crippen LogP contribution in [0.2, 0.25) is 10.0 Å². The molecule has 3 aromatic carbocycles. The zero-order valence-corrected chi connectivity index (χ0v) is 24.7. The summed E-state index contributed by atoms with van der Waals surface area (Å²) >= 11 is 12.2. The van der Waals surface area contributed by atoms with Gasteiger partial charge in [0.1, 0.15) is 12.6 Å². The standard InChI is InChI=1S/C29H33Cl2N3O4S/c1-5-21(3)32-29(36)22(4)33(18-23-11-13-24(30)14-12-23)28(35)19-34(26-8-6-7-25(31)17-26)39(37,38)27-15-9-20(2)10-16-27/h6-17,21-22H,5,18-19H2,1-4H3,(H,32,36)/t21-,22+/m0/s1. The summed E-state index contributed by atoms with van der Waals surface area (Å²) in [5.41, 5.74) is 1.88. The smallest absolute Gasteiger partial charge is 0.264 e. The molecule has 3 aromatic rings. The van der Waals surface area contributed by atoms with E-state index in [1.54, 1.807) is 61.5 Å². The molecule has 208 valence electrons. The third kappa shape index (κ3) is 7.97. The van der Waals surface area contributed by atoms with Crippen molar-refractivity contribution in [2.75, 3.05) is 10.8 Å². The van der Waals surface area contributed by atoms with E-state index in [9.17, 15) is 18.0 Å². The topological polar surface area (TPSA) is 86.8 Å². The van der Waals surface area contributed by atoms with Crippen molar-refractivity contribution < 1.29 is 18.0 Å². The summed E-state index contributed by atoms with van der Waals surface area (Å²) in [4.78, 5) is 28.4. The molecule has 0 saturated heterocycles. The molecule has 0 aromatic heterocycles. The maximum atomic E-state index is 13.9. The minimum absolute atomic E-state index is 0.0349. The number of carbonyl (C=O) groups is 2. The quantitative estimate of drug-likeness (QED) is 0.305. The molecular formula is C29H33Cl2N3O4S. The fraction of sp³-hybridized carbons (Fsp3) is 0.310. The Morgan fingerprint density at radius 1 is 0.923 bits per heavy atom. The van der Waals surface area contributed by atoms with Gasteiger partial charge in [-0.2, -0.15) is 0 Å². The number of rotatable bonds is 11. The van der Waals surface area contributed by atoms with Gasteiger partial charge in [0, 0.05) is 22.6 Å². The highest BCUT2D eigenvalue weighted by molar-refractivity contribution is 7.92. The molecule has 39 heavy (non-hydrogen) atoms. The van der Waals surface area contributed by atoms with Gasteiger partial charge >= 0.3 is 0 Å². The number of hydrogen-bond acceptors (Lipinski definition) is 4. The predicted molar refractivity (Wildman–Crippen MR) is 157 cm³/mol. The molecule has 2 atom stereocenters. The summed E-state index contributed by atoms with van der Waals surface area (Å²) in [5, 5.41) is 3.77. The number of anilines is 1. The third-order valence-corrected chi connectivity index (χ3v) is 8.69. The molecule has 0 heterocycles. The Morgan fingerprint density at radius 3 is 2.15 bits per heavy atom. The predicted octanol–water partition coefficient (Wildman–Crippen LogP) is 5.83. The molecule has 0 spiro atoms. The van der Waals surface area contributed by atoms with Crippen LogP contribution in [0.3, 0.4) is 0 Å². The Morgan fingerprint density at radius 2 is 1.56 bits per heavy atom. The van der Waals surface area contributed by atoms with Crippen LogP contribution in [-0.4, -0.2) is 43.8 Å². The van der Waals surface area contributed by atoms with Gasteiger partial charge in [0.25, 0.3) is 10.0 Å². The van der Waals surface area contributed by atoms with Crippen molar-refractivity contribution in [2.45, 2.75) is 57.6 Å². The van der Waals surface area contributed by atoms with Gasteiger partial charge < -0.3 is 10.2 Å². The van der Waals surface area contributed by atoms with E-state index in [0.29, 0.717) is 10.0 Å². The van der Waals surface area contributed by atoms with Crippen LogP contribution < -0.4 is 9.62 Å². The van der Waals surface area contributed by atoms with Crippen molar-refractivity contribution in [3.63, 3.8) is 0 Å². The van der Waals surface area contributed by atoms with Gasteiger partial charge in [-0.3, -0.25) is 13.9 Å². The Balaban J connectivity index is 2.02. The zero-order chi connectivity index (χ0) is 28.7. The Kier molecular flexibility index (Phi) is 10.4. The van der Waals surface area contributed by atoms with Crippen LogP contribution in [-0.2, 0) is 26.2 Å².